The maximum Gasteiger partial charge on any atom is 0.246 e. The first-order chi connectivity index (χ1) is 23.6. The van der Waals surface area contributed by atoms with Crippen LogP contribution in [0, 0.1) is 19.8 Å². The fourth-order valence-electron chi connectivity index (χ4n) is 5.12. The van der Waals surface area contributed by atoms with Gasteiger partial charge in [-0.3, -0.25) is 4.79 Å². The van der Waals surface area contributed by atoms with Crippen LogP contribution in [0.3, 0.4) is 0 Å². The first kappa shape index (κ1) is 36.8. The van der Waals surface area contributed by atoms with Crippen molar-refractivity contribution in [1.29, 1.82) is 0 Å². The number of aromatic nitrogens is 3. The Bertz CT molecular complexity index is 1730. The summed E-state index contributed by atoms with van der Waals surface area (Å²) in [6.45, 7) is 16.5. The lowest BCUT2D eigenvalue weighted by Gasteiger charge is -2.22. The molecule has 1 amide bonds. The number of aryl methyl sites for hydroxylation is 2. The normalized spacial score (nSPS) is 13.8. The SMILES string of the molecule is C=C1C=C(Oc2ccc(Nc3ncnc4cc(OCCN(CCCC(C)CC)C(=O)/C=C/CN(C)C)c(C)nc34)cc2C)C=CN1/N=C\C. The van der Waals surface area contributed by atoms with E-state index in [1.54, 1.807) is 17.3 Å². The number of hydrazone groups is 1. The van der Waals surface area contributed by atoms with Crippen molar-refractivity contribution in [2.75, 3.05) is 45.7 Å². The number of nitrogens with one attached hydrogen (secondary N) is 1. The first-order valence-corrected chi connectivity index (χ1v) is 16.8. The van der Waals surface area contributed by atoms with Crippen LogP contribution in [0.2, 0.25) is 0 Å². The van der Waals surface area contributed by atoms with Gasteiger partial charge in [-0.1, -0.05) is 32.9 Å². The summed E-state index contributed by atoms with van der Waals surface area (Å²) in [6.07, 6.45) is 15.5. The molecule has 0 fully saturated rings. The number of anilines is 2. The van der Waals surface area contributed by atoms with Gasteiger partial charge < -0.3 is 24.6 Å². The van der Waals surface area contributed by atoms with Gasteiger partial charge in [0.2, 0.25) is 5.91 Å². The first-order valence-electron chi connectivity index (χ1n) is 16.8. The molecule has 3 aromatic rings. The number of likely N-dealkylation sites (N-methyl/N-ethyl adjacent to an activating group) is 1. The molecule has 260 valence electrons. The Morgan fingerprint density at radius 2 is 1.98 bits per heavy atom. The van der Waals surface area contributed by atoms with E-state index in [4.69, 9.17) is 14.5 Å². The molecule has 1 aliphatic rings. The standard InChI is InChI=1S/C38H50N8O3/c1-9-27(3)13-11-19-45(36(47)14-12-18-44(7)8)21-22-48-35-25-33-37(42-30(35)6)38(40-26-39-33)43-31-15-16-34(28(4)23-31)49-32-17-20-46(41-10-2)29(5)24-32/h10,12,14-17,20,23-27H,5,9,11,13,18-19,21-22H2,1-4,6-8H3,(H,39,40,43)/b14-12+,41-10-. The van der Waals surface area contributed by atoms with E-state index in [2.05, 4.69) is 40.8 Å². The summed E-state index contributed by atoms with van der Waals surface area (Å²) in [6, 6.07) is 7.72. The number of pyridine rings is 1. The molecule has 0 spiro atoms. The van der Waals surface area contributed by atoms with Crippen molar-refractivity contribution < 1.29 is 14.3 Å². The molecular weight excluding hydrogens is 616 g/mol. The van der Waals surface area contributed by atoms with Gasteiger partial charge in [-0.2, -0.15) is 5.10 Å². The van der Waals surface area contributed by atoms with Gasteiger partial charge in [-0.15, -0.1) is 0 Å². The monoisotopic (exact) mass is 666 g/mol. The van der Waals surface area contributed by atoms with E-state index in [0.29, 0.717) is 71.9 Å². The van der Waals surface area contributed by atoms with Gasteiger partial charge in [0.05, 0.1) is 23.5 Å². The molecule has 1 N–H and O–H groups in total. The van der Waals surface area contributed by atoms with Crippen LogP contribution < -0.4 is 14.8 Å². The third-order valence-electron chi connectivity index (χ3n) is 8.13. The summed E-state index contributed by atoms with van der Waals surface area (Å²) in [5, 5.41) is 9.31. The molecule has 11 heteroatoms. The van der Waals surface area contributed by atoms with E-state index in [1.165, 1.54) is 6.33 Å². The Hall–Kier alpha value is -5.03. The average molecular weight is 667 g/mol. The molecular formula is C38H50N8O3. The van der Waals surface area contributed by atoms with Crippen molar-refractivity contribution >= 4 is 34.7 Å². The molecule has 1 unspecified atom stereocenters. The number of allylic oxidation sites excluding steroid dienone is 2. The Kier molecular flexibility index (Phi) is 13.5. The molecule has 0 saturated heterocycles. The second kappa shape index (κ2) is 17.9. The van der Waals surface area contributed by atoms with E-state index in [0.717, 1.165) is 36.3 Å². The quantitative estimate of drug-likeness (QED) is 0.119. The second-order valence-electron chi connectivity index (χ2n) is 12.4. The van der Waals surface area contributed by atoms with Crippen LogP contribution in [-0.4, -0.2) is 82.2 Å². The molecule has 1 atom stereocenters. The van der Waals surface area contributed by atoms with Crippen molar-refractivity contribution in [3.63, 3.8) is 0 Å². The number of carbonyl (C=O) groups is 1. The van der Waals surface area contributed by atoms with Crippen molar-refractivity contribution in [3.8, 4) is 11.5 Å². The van der Waals surface area contributed by atoms with E-state index < -0.39 is 0 Å². The number of benzene rings is 1. The molecule has 1 aliphatic heterocycles. The molecule has 1 aromatic carbocycles. The van der Waals surface area contributed by atoms with Crippen LogP contribution in [-0.2, 0) is 4.79 Å². The lowest BCUT2D eigenvalue weighted by molar-refractivity contribution is -0.126. The molecule has 0 radical (unpaired) electrons. The van der Waals surface area contributed by atoms with Crippen molar-refractivity contribution in [2.45, 2.75) is 53.9 Å². The Labute approximate surface area is 290 Å². The molecule has 4 rings (SSSR count). The van der Waals surface area contributed by atoms with Gasteiger partial charge in [0.1, 0.15) is 35.7 Å². The predicted octanol–water partition coefficient (Wildman–Crippen LogP) is 7.15. The van der Waals surface area contributed by atoms with Gasteiger partial charge in [-0.05, 0) is 83.5 Å². The minimum atomic E-state index is 0.00372. The molecule has 0 bridgehead atoms. The summed E-state index contributed by atoms with van der Waals surface area (Å²) in [4.78, 5) is 30.7. The van der Waals surface area contributed by atoms with E-state index in [1.807, 2.05) is 93.4 Å². The maximum atomic E-state index is 13.0. The van der Waals surface area contributed by atoms with E-state index in [9.17, 15) is 4.79 Å². The van der Waals surface area contributed by atoms with Crippen molar-refractivity contribution in [2.24, 2.45) is 11.0 Å². The lowest BCUT2D eigenvalue weighted by atomic mass is 10.0. The van der Waals surface area contributed by atoms with Crippen molar-refractivity contribution in [3.05, 3.63) is 90.4 Å². The zero-order valence-corrected chi connectivity index (χ0v) is 29.9. The number of hydrogen-bond donors (Lipinski definition) is 1. The highest BCUT2D eigenvalue weighted by atomic mass is 16.5. The minimum Gasteiger partial charge on any atom is -0.490 e. The van der Waals surface area contributed by atoms with Gasteiger partial charge >= 0.3 is 0 Å². The number of rotatable bonds is 17. The average Bonchev–Trinajstić information content (AvgIpc) is 3.06. The number of fused-ring (bicyclic) bond motifs is 1. The Morgan fingerprint density at radius 1 is 1.16 bits per heavy atom. The number of hydrogen-bond acceptors (Lipinski definition) is 10. The van der Waals surface area contributed by atoms with E-state index in [-0.39, 0.29) is 5.91 Å². The summed E-state index contributed by atoms with van der Waals surface area (Å²) < 4.78 is 12.3. The van der Waals surface area contributed by atoms with Gasteiger partial charge in [0, 0.05) is 49.4 Å². The molecule has 49 heavy (non-hydrogen) atoms. The second-order valence-corrected chi connectivity index (χ2v) is 12.4. The number of amides is 1. The largest absolute Gasteiger partial charge is 0.490 e. The summed E-state index contributed by atoms with van der Waals surface area (Å²) in [5.41, 5.74) is 4.49. The summed E-state index contributed by atoms with van der Waals surface area (Å²) in [5.74, 6) is 3.26. The van der Waals surface area contributed by atoms with Gasteiger partial charge in [0.25, 0.3) is 0 Å². The zero-order valence-electron chi connectivity index (χ0n) is 29.9. The van der Waals surface area contributed by atoms with Crippen molar-refractivity contribution in [1.82, 2.24) is 29.8 Å². The maximum absolute atomic E-state index is 13.0. The fourth-order valence-corrected chi connectivity index (χ4v) is 5.12. The third kappa shape index (κ3) is 10.7. The van der Waals surface area contributed by atoms with E-state index >= 15 is 0 Å². The van der Waals surface area contributed by atoms with Crippen LogP contribution in [0.4, 0.5) is 11.5 Å². The topological polar surface area (TPSA) is 108 Å². The summed E-state index contributed by atoms with van der Waals surface area (Å²) >= 11 is 0. The zero-order chi connectivity index (χ0) is 35.3. The van der Waals surface area contributed by atoms with Gasteiger partial charge in [0.15, 0.2) is 5.82 Å². The predicted molar refractivity (Wildman–Crippen MR) is 198 cm³/mol. The smallest absolute Gasteiger partial charge is 0.246 e. The highest BCUT2D eigenvalue weighted by molar-refractivity contribution is 5.88. The minimum absolute atomic E-state index is 0.00372. The Morgan fingerprint density at radius 3 is 2.69 bits per heavy atom. The fraction of sp³-hybridized carbons (Fsp3) is 0.395. The van der Waals surface area contributed by atoms with Crippen LogP contribution in [0.15, 0.2) is 84.2 Å². The van der Waals surface area contributed by atoms with Crippen LogP contribution in [0.25, 0.3) is 11.0 Å². The van der Waals surface area contributed by atoms with Crippen LogP contribution in [0.1, 0.15) is 51.3 Å². The number of ether oxygens (including phenoxy) is 2. The lowest BCUT2D eigenvalue weighted by Crippen LogP contribution is -2.34. The number of nitrogens with zero attached hydrogens (tertiary/aromatic N) is 7. The number of carbonyl (C=O) groups excluding carboxylic acids is 1. The molecule has 0 aliphatic carbocycles. The molecule has 0 saturated carbocycles. The van der Waals surface area contributed by atoms with Gasteiger partial charge in [-0.25, -0.2) is 20.0 Å². The molecule has 3 heterocycles. The van der Waals surface area contributed by atoms with Crippen LogP contribution in [0.5, 0.6) is 11.5 Å². The Balaban J connectivity index is 1.42. The molecule has 2 aromatic heterocycles. The summed E-state index contributed by atoms with van der Waals surface area (Å²) in [7, 11) is 3.96. The highest BCUT2D eigenvalue weighted by Crippen LogP contribution is 2.30. The highest BCUT2D eigenvalue weighted by Gasteiger charge is 2.15. The van der Waals surface area contributed by atoms with Crippen LogP contribution >= 0.6 is 0 Å². The third-order valence-corrected chi connectivity index (χ3v) is 8.13. The molecule has 11 nitrogen and oxygen atoms in total.